The molecule has 2 fully saturated rings. The topological polar surface area (TPSA) is 26.0 Å². The SMILES string of the molecule is CC1CCC(C2CCC(N)C(I)C2)CC1I. The predicted molar refractivity (Wildman–Crippen MR) is 87.4 cm³/mol. The summed E-state index contributed by atoms with van der Waals surface area (Å²) < 4.78 is 1.64. The van der Waals surface area contributed by atoms with Crippen molar-refractivity contribution in [2.75, 3.05) is 0 Å². The van der Waals surface area contributed by atoms with Crippen LogP contribution in [0.4, 0.5) is 0 Å². The van der Waals surface area contributed by atoms with Crippen molar-refractivity contribution >= 4 is 45.2 Å². The van der Waals surface area contributed by atoms with Crippen LogP contribution in [-0.2, 0) is 0 Å². The van der Waals surface area contributed by atoms with Crippen LogP contribution in [0.2, 0.25) is 0 Å². The minimum absolute atomic E-state index is 0.467. The van der Waals surface area contributed by atoms with Crippen LogP contribution >= 0.6 is 45.2 Å². The van der Waals surface area contributed by atoms with Gasteiger partial charge in [0.2, 0.25) is 0 Å². The summed E-state index contributed by atoms with van der Waals surface area (Å²) in [5.41, 5.74) is 6.11. The molecule has 6 atom stereocenters. The summed E-state index contributed by atoms with van der Waals surface area (Å²) in [4.78, 5) is 0. The maximum atomic E-state index is 6.11. The summed E-state index contributed by atoms with van der Waals surface area (Å²) in [6.45, 7) is 2.42. The first-order chi connectivity index (χ1) is 7.58. The van der Waals surface area contributed by atoms with Crippen LogP contribution < -0.4 is 5.73 Å². The lowest BCUT2D eigenvalue weighted by molar-refractivity contribution is 0.179. The molecule has 0 spiro atoms. The highest BCUT2D eigenvalue weighted by molar-refractivity contribution is 14.1. The second kappa shape index (κ2) is 6.04. The van der Waals surface area contributed by atoms with Gasteiger partial charge in [0.1, 0.15) is 0 Å². The van der Waals surface area contributed by atoms with Crippen LogP contribution in [0.3, 0.4) is 0 Å². The molecule has 2 saturated carbocycles. The maximum absolute atomic E-state index is 6.11. The van der Waals surface area contributed by atoms with E-state index in [0.717, 1.165) is 25.6 Å². The van der Waals surface area contributed by atoms with E-state index in [2.05, 4.69) is 52.1 Å². The van der Waals surface area contributed by atoms with Gasteiger partial charge in [-0.2, -0.15) is 0 Å². The van der Waals surface area contributed by atoms with Gasteiger partial charge in [-0.3, -0.25) is 0 Å². The quantitative estimate of drug-likeness (QED) is 0.475. The summed E-state index contributed by atoms with van der Waals surface area (Å²) in [5, 5.41) is 0. The lowest BCUT2D eigenvalue weighted by atomic mass is 9.70. The Morgan fingerprint density at radius 3 is 2.00 bits per heavy atom. The molecule has 16 heavy (non-hydrogen) atoms. The van der Waals surface area contributed by atoms with Gasteiger partial charge in [-0.05, 0) is 56.3 Å². The molecule has 1 nitrogen and oxygen atoms in total. The number of rotatable bonds is 1. The van der Waals surface area contributed by atoms with Crippen molar-refractivity contribution in [2.24, 2.45) is 23.5 Å². The highest BCUT2D eigenvalue weighted by Gasteiger charge is 2.35. The second-order valence-corrected chi connectivity index (χ2v) is 9.02. The van der Waals surface area contributed by atoms with E-state index in [4.69, 9.17) is 5.73 Å². The zero-order chi connectivity index (χ0) is 11.7. The molecule has 0 bridgehead atoms. The molecule has 94 valence electrons. The Morgan fingerprint density at radius 1 is 0.875 bits per heavy atom. The molecule has 2 rings (SSSR count). The fourth-order valence-electron chi connectivity index (χ4n) is 3.32. The molecule has 0 aromatic heterocycles. The van der Waals surface area contributed by atoms with E-state index >= 15 is 0 Å². The van der Waals surface area contributed by atoms with Crippen molar-refractivity contribution < 1.29 is 0 Å². The van der Waals surface area contributed by atoms with E-state index in [1.807, 2.05) is 0 Å². The highest BCUT2D eigenvalue weighted by Crippen LogP contribution is 2.43. The maximum Gasteiger partial charge on any atom is 0.0264 e. The zero-order valence-electron chi connectivity index (χ0n) is 10.0. The summed E-state index contributed by atoms with van der Waals surface area (Å²) in [6, 6.07) is 0.467. The Balaban J connectivity index is 1.88. The Morgan fingerprint density at radius 2 is 1.44 bits per heavy atom. The van der Waals surface area contributed by atoms with Crippen LogP contribution in [0.1, 0.15) is 45.4 Å². The van der Waals surface area contributed by atoms with Crippen molar-refractivity contribution in [1.82, 2.24) is 0 Å². The first-order valence-corrected chi connectivity index (χ1v) is 9.10. The molecule has 0 aromatic rings. The average Bonchev–Trinajstić information content (AvgIpc) is 2.26. The number of nitrogens with two attached hydrogens (primary N) is 1. The van der Waals surface area contributed by atoms with Gasteiger partial charge in [-0.1, -0.05) is 52.1 Å². The number of hydrogen-bond acceptors (Lipinski definition) is 1. The van der Waals surface area contributed by atoms with Crippen molar-refractivity contribution in [2.45, 2.75) is 59.3 Å². The molecule has 2 aliphatic rings. The van der Waals surface area contributed by atoms with Crippen LogP contribution in [0.15, 0.2) is 0 Å². The molecule has 0 aliphatic heterocycles. The van der Waals surface area contributed by atoms with Crippen molar-refractivity contribution in [1.29, 1.82) is 0 Å². The van der Waals surface area contributed by atoms with Crippen molar-refractivity contribution in [3.05, 3.63) is 0 Å². The molecular formula is C13H23I2N. The lowest BCUT2D eigenvalue weighted by Crippen LogP contribution is -2.40. The van der Waals surface area contributed by atoms with Gasteiger partial charge in [0.25, 0.3) is 0 Å². The van der Waals surface area contributed by atoms with Gasteiger partial charge in [-0.15, -0.1) is 0 Å². The second-order valence-electron chi connectivity index (χ2n) is 5.82. The van der Waals surface area contributed by atoms with E-state index in [1.54, 1.807) is 0 Å². The van der Waals surface area contributed by atoms with Gasteiger partial charge in [0.15, 0.2) is 0 Å². The minimum atomic E-state index is 0.467. The van der Waals surface area contributed by atoms with Gasteiger partial charge < -0.3 is 5.73 Å². The van der Waals surface area contributed by atoms with Crippen molar-refractivity contribution in [3.63, 3.8) is 0 Å². The Labute approximate surface area is 127 Å². The third-order valence-electron chi connectivity index (χ3n) is 4.67. The molecule has 0 heterocycles. The number of halogens is 2. The first-order valence-electron chi connectivity index (χ1n) is 6.61. The van der Waals surface area contributed by atoms with Gasteiger partial charge in [-0.25, -0.2) is 0 Å². The molecule has 0 radical (unpaired) electrons. The standard InChI is InChI=1S/C13H23I2N/c1-8-2-3-9(6-11(8)14)10-4-5-13(16)12(15)7-10/h8-13H,2-7,16H2,1H3. The van der Waals surface area contributed by atoms with Gasteiger partial charge in [0, 0.05) is 13.9 Å². The van der Waals surface area contributed by atoms with Crippen LogP contribution in [0.5, 0.6) is 0 Å². The fraction of sp³-hybridized carbons (Fsp3) is 1.00. The van der Waals surface area contributed by atoms with Crippen LogP contribution in [0, 0.1) is 17.8 Å². The Kier molecular flexibility index (Phi) is 5.23. The van der Waals surface area contributed by atoms with Gasteiger partial charge >= 0.3 is 0 Å². The molecule has 2 aliphatic carbocycles. The molecular weight excluding hydrogens is 424 g/mol. The van der Waals surface area contributed by atoms with E-state index in [9.17, 15) is 0 Å². The molecule has 0 amide bonds. The summed E-state index contributed by atoms with van der Waals surface area (Å²) in [7, 11) is 0. The van der Waals surface area contributed by atoms with E-state index < -0.39 is 0 Å². The zero-order valence-corrected chi connectivity index (χ0v) is 14.4. The summed E-state index contributed by atoms with van der Waals surface area (Å²) in [5.74, 6) is 2.92. The summed E-state index contributed by atoms with van der Waals surface area (Å²) >= 11 is 5.25. The fourth-order valence-corrected chi connectivity index (χ4v) is 5.35. The predicted octanol–water partition coefficient (Wildman–Crippen LogP) is 4.16. The Hall–Kier alpha value is 1.42. The number of alkyl halides is 2. The van der Waals surface area contributed by atoms with Crippen molar-refractivity contribution in [3.8, 4) is 0 Å². The van der Waals surface area contributed by atoms with Gasteiger partial charge in [0.05, 0.1) is 0 Å². The first kappa shape index (κ1) is 13.8. The van der Waals surface area contributed by atoms with E-state index in [-0.39, 0.29) is 0 Å². The van der Waals surface area contributed by atoms with Crippen LogP contribution in [0.25, 0.3) is 0 Å². The average molecular weight is 447 g/mol. The van der Waals surface area contributed by atoms with E-state index in [1.165, 1.54) is 38.5 Å². The number of hydrogen-bond donors (Lipinski definition) is 1. The third kappa shape index (κ3) is 3.25. The van der Waals surface area contributed by atoms with E-state index in [0.29, 0.717) is 6.04 Å². The summed E-state index contributed by atoms with van der Waals surface area (Å²) in [6.07, 6.45) is 8.42. The molecule has 2 N–H and O–H groups in total. The molecule has 0 saturated heterocycles. The largest absolute Gasteiger partial charge is 0.327 e. The lowest BCUT2D eigenvalue weighted by Gasteiger charge is -2.40. The normalized spacial score (nSPS) is 50.2. The smallest absolute Gasteiger partial charge is 0.0264 e. The molecule has 0 aromatic carbocycles. The highest BCUT2D eigenvalue weighted by atomic mass is 127. The monoisotopic (exact) mass is 447 g/mol. The Bertz CT molecular complexity index is 210. The van der Waals surface area contributed by atoms with Crippen LogP contribution in [-0.4, -0.2) is 13.9 Å². The third-order valence-corrected chi connectivity index (χ3v) is 7.84. The molecule has 3 heteroatoms. The minimum Gasteiger partial charge on any atom is -0.327 e. The molecule has 6 unspecified atom stereocenters.